The lowest BCUT2D eigenvalue weighted by molar-refractivity contribution is -0.108. The minimum Gasteiger partial charge on any atom is -0.278 e. The number of halogens is 2. The summed E-state index contributed by atoms with van der Waals surface area (Å²) in [4.78, 5) is 20.4. The smallest absolute Gasteiger partial charge is 0.242 e. The van der Waals surface area contributed by atoms with Crippen LogP contribution in [0.5, 0.6) is 0 Å². The molecule has 1 rings (SSSR count). The summed E-state index contributed by atoms with van der Waals surface area (Å²) in [6.07, 6.45) is 0.0414. The standard InChI is InChI=1S/C5H4Cl2N4O3S/c6-4-9-3(10-5(7)11-4)1-15(13,14)8-2-12/h2H,1H2,(H,8,12). The van der Waals surface area contributed by atoms with E-state index in [2.05, 4.69) is 15.0 Å². The maximum absolute atomic E-state index is 11.1. The van der Waals surface area contributed by atoms with E-state index in [-0.39, 0.29) is 22.8 Å². The Morgan fingerprint density at radius 2 is 1.73 bits per heavy atom. The maximum atomic E-state index is 11.1. The fourth-order valence-corrected chi connectivity index (χ4v) is 1.81. The molecule has 10 heteroatoms. The zero-order chi connectivity index (χ0) is 11.5. The van der Waals surface area contributed by atoms with Gasteiger partial charge in [0, 0.05) is 0 Å². The van der Waals surface area contributed by atoms with Gasteiger partial charge in [0.25, 0.3) is 0 Å². The molecule has 0 aliphatic carbocycles. The maximum Gasteiger partial charge on any atom is 0.242 e. The number of sulfonamides is 1. The molecule has 1 amide bonds. The van der Waals surface area contributed by atoms with E-state index < -0.39 is 15.8 Å². The number of amides is 1. The molecule has 15 heavy (non-hydrogen) atoms. The molecule has 0 fully saturated rings. The van der Waals surface area contributed by atoms with Gasteiger partial charge < -0.3 is 0 Å². The average molecular weight is 271 g/mol. The molecule has 0 aromatic carbocycles. The van der Waals surface area contributed by atoms with Crippen LogP contribution in [0.15, 0.2) is 0 Å². The molecular weight excluding hydrogens is 267 g/mol. The van der Waals surface area contributed by atoms with Gasteiger partial charge in [0.1, 0.15) is 5.75 Å². The van der Waals surface area contributed by atoms with Crippen molar-refractivity contribution in [2.24, 2.45) is 0 Å². The Bertz CT molecular complexity index is 457. The van der Waals surface area contributed by atoms with Crippen molar-refractivity contribution in [3.63, 3.8) is 0 Å². The van der Waals surface area contributed by atoms with Crippen LogP contribution in [0.25, 0.3) is 0 Å². The molecule has 0 aliphatic rings. The zero-order valence-electron chi connectivity index (χ0n) is 7.02. The highest BCUT2D eigenvalue weighted by molar-refractivity contribution is 7.89. The minimum atomic E-state index is -3.81. The highest BCUT2D eigenvalue weighted by Gasteiger charge is 2.14. The Hall–Kier alpha value is -0.990. The van der Waals surface area contributed by atoms with Crippen molar-refractivity contribution in [3.05, 3.63) is 16.4 Å². The van der Waals surface area contributed by atoms with Gasteiger partial charge in [-0.1, -0.05) is 0 Å². The van der Waals surface area contributed by atoms with Gasteiger partial charge in [0.2, 0.25) is 27.0 Å². The minimum absolute atomic E-state index is 0.0414. The third kappa shape index (κ3) is 3.94. The fraction of sp³-hybridized carbons (Fsp3) is 0.200. The lowest BCUT2D eigenvalue weighted by Crippen LogP contribution is -2.24. The topological polar surface area (TPSA) is 102 Å². The lowest BCUT2D eigenvalue weighted by Gasteiger charge is -2.01. The third-order valence-corrected chi connectivity index (χ3v) is 2.61. The van der Waals surface area contributed by atoms with Gasteiger partial charge in [-0.2, -0.15) is 4.98 Å². The number of aromatic nitrogens is 3. The second kappa shape index (κ2) is 4.69. The SMILES string of the molecule is O=CNS(=O)(=O)Cc1nc(Cl)nc(Cl)n1. The quantitative estimate of drug-likeness (QED) is 0.758. The summed E-state index contributed by atoms with van der Waals surface area (Å²) in [5.74, 6) is -0.748. The molecule has 0 unspecified atom stereocenters. The van der Waals surface area contributed by atoms with Crippen molar-refractivity contribution in [2.75, 3.05) is 0 Å². The van der Waals surface area contributed by atoms with Crippen molar-refractivity contribution in [2.45, 2.75) is 5.75 Å². The van der Waals surface area contributed by atoms with Crippen molar-refractivity contribution in [1.29, 1.82) is 0 Å². The summed E-state index contributed by atoms with van der Waals surface area (Å²) in [6.45, 7) is 0. The number of nitrogens with one attached hydrogen (secondary N) is 1. The van der Waals surface area contributed by atoms with E-state index in [9.17, 15) is 13.2 Å². The summed E-state index contributed by atoms with van der Waals surface area (Å²) >= 11 is 10.8. The Morgan fingerprint density at radius 1 is 1.20 bits per heavy atom. The van der Waals surface area contributed by atoms with Crippen LogP contribution in [0.3, 0.4) is 0 Å². The van der Waals surface area contributed by atoms with Crippen molar-refractivity contribution in [3.8, 4) is 0 Å². The largest absolute Gasteiger partial charge is 0.278 e. The molecule has 1 N–H and O–H groups in total. The van der Waals surface area contributed by atoms with E-state index in [0.29, 0.717) is 0 Å². The van der Waals surface area contributed by atoms with Crippen LogP contribution >= 0.6 is 23.2 Å². The summed E-state index contributed by atoms with van der Waals surface area (Å²) in [5, 5.41) is -0.433. The second-order valence-corrected chi connectivity index (χ2v) is 4.71. The Morgan fingerprint density at radius 3 is 2.20 bits per heavy atom. The average Bonchev–Trinajstić information content (AvgIpc) is 1.99. The number of hydrogen-bond acceptors (Lipinski definition) is 6. The molecular formula is C5H4Cl2N4O3S. The second-order valence-electron chi connectivity index (χ2n) is 2.28. The van der Waals surface area contributed by atoms with Crippen LogP contribution in [0, 0.1) is 0 Å². The van der Waals surface area contributed by atoms with Crippen LogP contribution in [0.2, 0.25) is 10.6 Å². The normalized spacial score (nSPS) is 11.1. The van der Waals surface area contributed by atoms with Crippen LogP contribution in [0.4, 0.5) is 0 Å². The van der Waals surface area contributed by atoms with E-state index >= 15 is 0 Å². The molecule has 0 spiro atoms. The van der Waals surface area contributed by atoms with E-state index in [1.807, 2.05) is 0 Å². The van der Waals surface area contributed by atoms with Crippen LogP contribution in [0.1, 0.15) is 5.82 Å². The first-order valence-corrected chi connectivity index (χ1v) is 5.83. The molecule has 1 heterocycles. The van der Waals surface area contributed by atoms with E-state index in [0.717, 1.165) is 0 Å². The number of rotatable bonds is 4. The highest BCUT2D eigenvalue weighted by atomic mass is 35.5. The monoisotopic (exact) mass is 270 g/mol. The van der Waals surface area contributed by atoms with Gasteiger partial charge in [-0.25, -0.2) is 18.4 Å². The van der Waals surface area contributed by atoms with Crippen LogP contribution < -0.4 is 4.72 Å². The lowest BCUT2D eigenvalue weighted by atomic mass is 10.7. The first kappa shape index (κ1) is 12.1. The van der Waals surface area contributed by atoms with Crippen LogP contribution in [-0.4, -0.2) is 29.8 Å². The van der Waals surface area contributed by atoms with Crippen molar-refractivity contribution < 1.29 is 13.2 Å². The number of hydrogen-bond donors (Lipinski definition) is 1. The van der Waals surface area contributed by atoms with Crippen molar-refractivity contribution >= 4 is 39.6 Å². The summed E-state index contributed by atoms with van der Waals surface area (Å²) in [5.41, 5.74) is 0. The van der Waals surface area contributed by atoms with Crippen molar-refractivity contribution in [1.82, 2.24) is 19.7 Å². The molecule has 82 valence electrons. The predicted molar refractivity (Wildman–Crippen MR) is 51.7 cm³/mol. The molecule has 0 bridgehead atoms. The molecule has 1 aromatic rings. The first-order valence-electron chi connectivity index (χ1n) is 3.42. The number of nitrogens with zero attached hydrogens (tertiary/aromatic N) is 3. The molecule has 0 atom stereocenters. The molecule has 0 saturated heterocycles. The van der Waals surface area contributed by atoms with E-state index in [1.165, 1.54) is 0 Å². The summed E-state index contributed by atoms with van der Waals surface area (Å²) in [6, 6.07) is 0. The zero-order valence-corrected chi connectivity index (χ0v) is 9.34. The first-order chi connectivity index (χ1) is 6.93. The number of carbonyl (C=O) groups excluding carboxylic acids is 1. The van der Waals surface area contributed by atoms with Gasteiger partial charge in [-0.15, -0.1) is 0 Å². The molecule has 1 aromatic heterocycles. The van der Waals surface area contributed by atoms with E-state index in [1.54, 1.807) is 4.72 Å². The summed E-state index contributed by atoms with van der Waals surface area (Å²) < 4.78 is 23.8. The Labute approximate surface area is 94.9 Å². The number of carbonyl (C=O) groups is 1. The predicted octanol–water partition coefficient (Wildman–Crippen LogP) is -0.246. The van der Waals surface area contributed by atoms with Gasteiger partial charge in [-0.3, -0.25) is 9.52 Å². The molecule has 0 saturated carbocycles. The van der Waals surface area contributed by atoms with E-state index in [4.69, 9.17) is 23.2 Å². The highest BCUT2D eigenvalue weighted by Crippen LogP contribution is 2.07. The summed E-state index contributed by atoms with van der Waals surface area (Å²) in [7, 11) is -3.81. The van der Waals surface area contributed by atoms with Gasteiger partial charge in [0.15, 0.2) is 5.82 Å². The van der Waals surface area contributed by atoms with Gasteiger partial charge in [0.05, 0.1) is 0 Å². The molecule has 0 radical (unpaired) electrons. The third-order valence-electron chi connectivity index (χ3n) is 1.17. The van der Waals surface area contributed by atoms with Gasteiger partial charge >= 0.3 is 0 Å². The van der Waals surface area contributed by atoms with Crippen LogP contribution in [-0.2, 0) is 20.6 Å². The van der Waals surface area contributed by atoms with Gasteiger partial charge in [-0.05, 0) is 23.2 Å². The Balaban J connectivity index is 2.94. The molecule has 7 nitrogen and oxygen atoms in total. The molecule has 0 aliphatic heterocycles. The Kier molecular flexibility index (Phi) is 3.77. The fourth-order valence-electron chi connectivity index (χ4n) is 0.714.